The summed E-state index contributed by atoms with van der Waals surface area (Å²) in [6, 6.07) is 14.6. The van der Waals surface area contributed by atoms with Crippen LogP contribution in [0.2, 0.25) is 10.0 Å². The zero-order valence-corrected chi connectivity index (χ0v) is 12.2. The van der Waals surface area contributed by atoms with Crippen molar-refractivity contribution in [3.8, 4) is 0 Å². The van der Waals surface area contributed by atoms with Crippen LogP contribution in [0.5, 0.6) is 0 Å². The molecule has 0 aliphatic heterocycles. The molecule has 0 bridgehead atoms. The maximum absolute atomic E-state index is 6.33. The van der Waals surface area contributed by atoms with E-state index in [0.29, 0.717) is 10.9 Å². The van der Waals surface area contributed by atoms with Crippen molar-refractivity contribution >= 4 is 23.2 Å². The predicted octanol–water partition coefficient (Wildman–Crippen LogP) is 4.59. The minimum absolute atomic E-state index is 0.236. The van der Waals surface area contributed by atoms with E-state index in [1.807, 2.05) is 25.2 Å². The Bertz CT molecular complexity index is 609. The van der Waals surface area contributed by atoms with Gasteiger partial charge in [0.15, 0.2) is 0 Å². The van der Waals surface area contributed by atoms with Crippen LogP contribution >= 0.6 is 23.2 Å². The number of benzene rings is 2. The van der Waals surface area contributed by atoms with Gasteiger partial charge in [-0.25, -0.2) is 0 Å². The molecule has 2 aromatic carbocycles. The molecule has 1 aliphatic carbocycles. The standard InChI is InChI=1S/C16H15Cl2N/c1-19-16(13-7-6-11(17)9-15(13)18)14-8-10-4-2-3-5-12(10)14/h2-7,9,14,16,19H,8H2,1H3. The molecule has 0 fully saturated rings. The molecule has 0 saturated heterocycles. The summed E-state index contributed by atoms with van der Waals surface area (Å²) in [7, 11) is 1.98. The van der Waals surface area contributed by atoms with Crippen LogP contribution in [0.3, 0.4) is 0 Å². The molecule has 2 unspecified atom stereocenters. The fraction of sp³-hybridized carbons (Fsp3) is 0.250. The third-order valence-corrected chi connectivity index (χ3v) is 4.47. The Balaban J connectivity index is 1.95. The lowest BCUT2D eigenvalue weighted by atomic mass is 9.72. The molecule has 19 heavy (non-hydrogen) atoms. The Morgan fingerprint density at radius 1 is 1.16 bits per heavy atom. The maximum atomic E-state index is 6.33. The first-order chi connectivity index (χ1) is 9.20. The van der Waals surface area contributed by atoms with E-state index in [1.165, 1.54) is 11.1 Å². The number of halogens is 2. The Kier molecular flexibility index (Phi) is 3.53. The van der Waals surface area contributed by atoms with Crippen molar-refractivity contribution in [1.82, 2.24) is 5.32 Å². The molecular formula is C16H15Cl2N. The quantitative estimate of drug-likeness (QED) is 0.872. The zero-order chi connectivity index (χ0) is 13.4. The monoisotopic (exact) mass is 291 g/mol. The van der Waals surface area contributed by atoms with Gasteiger partial charge in [0.2, 0.25) is 0 Å². The molecular weight excluding hydrogens is 277 g/mol. The van der Waals surface area contributed by atoms with Crippen LogP contribution in [0.25, 0.3) is 0 Å². The molecule has 0 saturated carbocycles. The Labute approximate surface area is 123 Å². The van der Waals surface area contributed by atoms with Gasteiger partial charge in [0.25, 0.3) is 0 Å². The third kappa shape index (κ3) is 2.27. The summed E-state index contributed by atoms with van der Waals surface area (Å²) in [6.07, 6.45) is 1.10. The van der Waals surface area contributed by atoms with Gasteiger partial charge in [0.1, 0.15) is 0 Å². The lowest BCUT2D eigenvalue weighted by Gasteiger charge is -2.37. The highest BCUT2D eigenvalue weighted by atomic mass is 35.5. The summed E-state index contributed by atoms with van der Waals surface area (Å²) in [5.41, 5.74) is 3.98. The summed E-state index contributed by atoms with van der Waals surface area (Å²) in [6.45, 7) is 0. The summed E-state index contributed by atoms with van der Waals surface area (Å²) in [5, 5.41) is 4.80. The molecule has 3 rings (SSSR count). The molecule has 2 atom stereocenters. The van der Waals surface area contributed by atoms with Gasteiger partial charge < -0.3 is 5.32 Å². The average Bonchev–Trinajstić information content (AvgIpc) is 2.37. The SMILES string of the molecule is CNC(c1ccc(Cl)cc1Cl)C1Cc2ccccc21. The highest BCUT2D eigenvalue weighted by Crippen LogP contribution is 2.44. The first kappa shape index (κ1) is 13.0. The molecule has 98 valence electrons. The van der Waals surface area contributed by atoms with Gasteiger partial charge >= 0.3 is 0 Å². The van der Waals surface area contributed by atoms with Crippen molar-refractivity contribution in [3.05, 3.63) is 69.2 Å². The Morgan fingerprint density at radius 3 is 2.63 bits per heavy atom. The Morgan fingerprint density at radius 2 is 1.95 bits per heavy atom. The second kappa shape index (κ2) is 5.16. The lowest BCUT2D eigenvalue weighted by Crippen LogP contribution is -2.31. The summed E-state index contributed by atoms with van der Waals surface area (Å²) < 4.78 is 0. The van der Waals surface area contributed by atoms with E-state index in [-0.39, 0.29) is 6.04 Å². The molecule has 0 spiro atoms. The van der Waals surface area contributed by atoms with E-state index in [4.69, 9.17) is 23.2 Å². The highest BCUT2D eigenvalue weighted by molar-refractivity contribution is 6.35. The van der Waals surface area contributed by atoms with E-state index in [1.54, 1.807) is 0 Å². The van der Waals surface area contributed by atoms with Gasteiger partial charge in [-0.15, -0.1) is 0 Å². The van der Waals surface area contributed by atoms with E-state index in [0.717, 1.165) is 17.0 Å². The number of fused-ring (bicyclic) bond motifs is 1. The van der Waals surface area contributed by atoms with Crippen molar-refractivity contribution in [2.24, 2.45) is 0 Å². The fourth-order valence-electron chi connectivity index (χ4n) is 2.92. The van der Waals surface area contributed by atoms with Crippen LogP contribution in [0.15, 0.2) is 42.5 Å². The minimum Gasteiger partial charge on any atom is -0.312 e. The predicted molar refractivity (Wildman–Crippen MR) is 81.1 cm³/mol. The molecule has 1 nitrogen and oxygen atoms in total. The summed E-state index contributed by atoms with van der Waals surface area (Å²) in [5.74, 6) is 0.486. The normalized spacial score (nSPS) is 18.6. The van der Waals surface area contributed by atoms with Crippen molar-refractivity contribution in [1.29, 1.82) is 0 Å². The van der Waals surface area contributed by atoms with Crippen LogP contribution in [0, 0.1) is 0 Å². The average molecular weight is 292 g/mol. The van der Waals surface area contributed by atoms with Crippen LogP contribution < -0.4 is 5.32 Å². The maximum Gasteiger partial charge on any atom is 0.0468 e. The molecule has 0 radical (unpaired) electrons. The van der Waals surface area contributed by atoms with Gasteiger partial charge in [-0.2, -0.15) is 0 Å². The van der Waals surface area contributed by atoms with Crippen molar-refractivity contribution in [2.45, 2.75) is 18.4 Å². The molecule has 0 aromatic heterocycles. The third-order valence-electron chi connectivity index (χ3n) is 3.91. The second-order valence-corrected chi connectivity index (χ2v) is 5.79. The molecule has 1 N–H and O–H groups in total. The minimum atomic E-state index is 0.236. The molecule has 0 heterocycles. The number of nitrogens with one attached hydrogen (secondary N) is 1. The molecule has 1 aliphatic rings. The fourth-order valence-corrected chi connectivity index (χ4v) is 3.45. The summed E-state index contributed by atoms with van der Waals surface area (Å²) in [4.78, 5) is 0. The van der Waals surface area contributed by atoms with Gasteiger partial charge in [0.05, 0.1) is 0 Å². The summed E-state index contributed by atoms with van der Waals surface area (Å²) >= 11 is 12.3. The second-order valence-electron chi connectivity index (χ2n) is 4.94. The number of likely N-dealkylation sites (N-methyl/N-ethyl adjacent to an activating group) is 1. The van der Waals surface area contributed by atoms with Crippen molar-refractivity contribution in [2.75, 3.05) is 7.05 Å². The van der Waals surface area contributed by atoms with E-state index >= 15 is 0 Å². The van der Waals surface area contributed by atoms with Gasteiger partial charge in [-0.3, -0.25) is 0 Å². The van der Waals surface area contributed by atoms with Crippen LogP contribution in [-0.2, 0) is 6.42 Å². The van der Waals surface area contributed by atoms with E-state index in [9.17, 15) is 0 Å². The number of rotatable bonds is 3. The number of hydrogen-bond donors (Lipinski definition) is 1. The molecule has 0 amide bonds. The van der Waals surface area contributed by atoms with E-state index in [2.05, 4.69) is 29.6 Å². The Hall–Kier alpha value is -1.02. The smallest absolute Gasteiger partial charge is 0.0468 e. The van der Waals surface area contributed by atoms with Crippen molar-refractivity contribution in [3.63, 3.8) is 0 Å². The van der Waals surface area contributed by atoms with E-state index < -0.39 is 0 Å². The van der Waals surface area contributed by atoms with Gasteiger partial charge in [-0.1, -0.05) is 53.5 Å². The van der Waals surface area contributed by atoms with Gasteiger partial charge in [-0.05, 0) is 42.3 Å². The largest absolute Gasteiger partial charge is 0.312 e. The zero-order valence-electron chi connectivity index (χ0n) is 10.7. The van der Waals surface area contributed by atoms with Crippen LogP contribution in [-0.4, -0.2) is 7.05 Å². The highest BCUT2D eigenvalue weighted by Gasteiger charge is 2.33. The van der Waals surface area contributed by atoms with Gasteiger partial charge in [0, 0.05) is 22.0 Å². The molecule has 3 heteroatoms. The lowest BCUT2D eigenvalue weighted by molar-refractivity contribution is 0.439. The first-order valence-corrected chi connectivity index (χ1v) is 7.16. The van der Waals surface area contributed by atoms with Crippen molar-refractivity contribution < 1.29 is 0 Å². The topological polar surface area (TPSA) is 12.0 Å². The van der Waals surface area contributed by atoms with Crippen LogP contribution in [0.1, 0.15) is 28.7 Å². The first-order valence-electron chi connectivity index (χ1n) is 6.40. The van der Waals surface area contributed by atoms with Crippen LogP contribution in [0.4, 0.5) is 0 Å². The molecule has 2 aromatic rings. The number of hydrogen-bond acceptors (Lipinski definition) is 1.